The third kappa shape index (κ3) is 5.87. The quantitative estimate of drug-likeness (QED) is 0.411. The lowest BCUT2D eigenvalue weighted by Gasteiger charge is -2.55. The number of ether oxygens (including phenoxy) is 1. The van der Waals surface area contributed by atoms with Crippen LogP contribution in [0.4, 0.5) is 14.9 Å². The Labute approximate surface area is 249 Å². The van der Waals surface area contributed by atoms with Gasteiger partial charge in [0, 0.05) is 35.8 Å². The highest BCUT2D eigenvalue weighted by atomic mass is 19.1. The van der Waals surface area contributed by atoms with Crippen molar-refractivity contribution >= 4 is 11.8 Å². The summed E-state index contributed by atoms with van der Waals surface area (Å²) in [6.07, 6.45) is 8.29. The summed E-state index contributed by atoms with van der Waals surface area (Å²) >= 11 is 0. The smallest absolute Gasteiger partial charge is 0.407 e. The second kappa shape index (κ2) is 12.6. The molecule has 2 saturated carbocycles. The Morgan fingerprint density at radius 3 is 2.45 bits per heavy atom. The van der Waals surface area contributed by atoms with Gasteiger partial charge in [-0.1, -0.05) is 18.6 Å². The third-order valence-corrected chi connectivity index (χ3v) is 10.7. The van der Waals surface area contributed by atoms with E-state index in [9.17, 15) is 9.18 Å². The van der Waals surface area contributed by atoms with Crippen molar-refractivity contribution in [2.45, 2.75) is 74.9 Å². The molecule has 1 amide bonds. The maximum Gasteiger partial charge on any atom is 0.407 e. The molecule has 2 aliphatic carbocycles. The van der Waals surface area contributed by atoms with E-state index in [0.29, 0.717) is 23.6 Å². The van der Waals surface area contributed by atoms with Crippen LogP contribution in [0.1, 0.15) is 62.5 Å². The van der Waals surface area contributed by atoms with E-state index in [2.05, 4.69) is 32.6 Å². The Kier molecular flexibility index (Phi) is 8.69. The minimum atomic E-state index is -0.368. The second-order valence-electron chi connectivity index (χ2n) is 12.9. The van der Waals surface area contributed by atoms with Crippen LogP contribution in [0.5, 0.6) is 0 Å². The summed E-state index contributed by atoms with van der Waals surface area (Å²) in [5.74, 6) is 0.470. The van der Waals surface area contributed by atoms with Crippen molar-refractivity contribution in [3.05, 3.63) is 65.5 Å². The topological polar surface area (TPSA) is 80.6 Å². The van der Waals surface area contributed by atoms with Gasteiger partial charge in [0.1, 0.15) is 5.82 Å². The molecule has 4 aliphatic rings. The summed E-state index contributed by atoms with van der Waals surface area (Å²) in [6, 6.07) is 18.3. The van der Waals surface area contributed by atoms with Gasteiger partial charge in [-0.3, -0.25) is 0 Å². The number of amides is 1. The minimum absolute atomic E-state index is 0.0284. The Morgan fingerprint density at radius 1 is 1.05 bits per heavy atom. The predicted octanol–water partition coefficient (Wildman–Crippen LogP) is 5.52. The van der Waals surface area contributed by atoms with Gasteiger partial charge in [-0.15, -0.1) is 0 Å². The number of halogens is 1. The molecule has 4 fully saturated rings. The summed E-state index contributed by atoms with van der Waals surface area (Å²) in [5, 5.41) is 15.9. The first kappa shape index (κ1) is 28.9. The molecule has 6 rings (SSSR count). The average Bonchev–Trinajstić information content (AvgIpc) is 3.43. The number of carbonyl (C=O) groups excluding carboxylic acids is 1. The number of methoxy groups -OCH3 is 1. The summed E-state index contributed by atoms with van der Waals surface area (Å²) in [4.78, 5) is 17.6. The lowest BCUT2D eigenvalue weighted by atomic mass is 9.57. The first-order chi connectivity index (χ1) is 20.5. The molecule has 8 heteroatoms. The monoisotopic (exact) mass is 573 g/mol. The van der Waals surface area contributed by atoms with Gasteiger partial charge in [-0.05, 0) is 125 Å². The van der Waals surface area contributed by atoms with Gasteiger partial charge in [0.15, 0.2) is 0 Å². The molecule has 2 heterocycles. The number of nitrogens with one attached hydrogen (secondary N) is 2. The summed E-state index contributed by atoms with van der Waals surface area (Å²) in [6.45, 7) is 5.21. The van der Waals surface area contributed by atoms with Crippen LogP contribution in [0.25, 0.3) is 0 Å². The summed E-state index contributed by atoms with van der Waals surface area (Å²) < 4.78 is 19.9. The SMILES string of the molecule is COC(=O)N[C@H]1CCC[C@@H]1C(CN1CCC1)(c1cccc(F)c1)C1CCN(C2CC(Nc3ccc(C#N)cc3)C2)CC1. The number of anilines is 1. The number of hydrogen-bond acceptors (Lipinski definition) is 6. The standard InChI is InChI=1S/C34H44FN5O2/c1-42-33(41)38-32-8-3-7-31(32)34(23-39-15-4-16-39,26-5-2-6-27(35)19-26)25-13-17-40(18-14-25)30-20-29(21-30)37-28-11-9-24(22-36)10-12-28/h2,5-6,9-12,19,25,29-32,37H,3-4,7-8,13-18,20-21,23H2,1H3,(H,38,41)/t29?,30?,31-,32-,34?/m0/s1. The van der Waals surface area contributed by atoms with Crippen LogP contribution in [-0.4, -0.2) is 73.9 Å². The molecule has 2 saturated heterocycles. The van der Waals surface area contributed by atoms with Gasteiger partial charge in [0.05, 0.1) is 18.7 Å². The maximum atomic E-state index is 14.9. The van der Waals surface area contributed by atoms with Crippen LogP contribution in [0.2, 0.25) is 0 Å². The van der Waals surface area contributed by atoms with Crippen molar-refractivity contribution in [3.8, 4) is 6.07 Å². The Bertz CT molecular complexity index is 1260. The van der Waals surface area contributed by atoms with E-state index in [1.165, 1.54) is 13.5 Å². The van der Waals surface area contributed by atoms with E-state index in [1.54, 1.807) is 12.1 Å². The van der Waals surface area contributed by atoms with Gasteiger partial charge in [-0.25, -0.2) is 9.18 Å². The average molecular weight is 574 g/mol. The van der Waals surface area contributed by atoms with Crippen LogP contribution in [0.15, 0.2) is 48.5 Å². The second-order valence-corrected chi connectivity index (χ2v) is 12.9. The lowest BCUT2D eigenvalue weighted by Crippen LogP contribution is -2.60. The number of piperidine rings is 1. The first-order valence-electron chi connectivity index (χ1n) is 15.8. The molecule has 0 bridgehead atoms. The molecular formula is C34H44FN5O2. The van der Waals surface area contributed by atoms with E-state index < -0.39 is 0 Å². The van der Waals surface area contributed by atoms with E-state index >= 15 is 0 Å². The van der Waals surface area contributed by atoms with Gasteiger partial charge in [-0.2, -0.15) is 5.26 Å². The fourth-order valence-corrected chi connectivity index (χ4v) is 8.40. The molecule has 2 aromatic carbocycles. The molecule has 2 aliphatic heterocycles. The first-order valence-corrected chi connectivity index (χ1v) is 15.8. The van der Waals surface area contributed by atoms with E-state index in [-0.39, 0.29) is 29.3 Å². The number of hydrogen-bond donors (Lipinski definition) is 2. The van der Waals surface area contributed by atoms with E-state index in [1.807, 2.05) is 30.3 Å². The Balaban J connectivity index is 1.18. The molecule has 2 aromatic rings. The number of alkyl carbamates (subject to hydrolysis) is 1. The van der Waals surface area contributed by atoms with Crippen molar-refractivity contribution in [2.24, 2.45) is 11.8 Å². The molecule has 0 spiro atoms. The van der Waals surface area contributed by atoms with Gasteiger partial charge in [0.25, 0.3) is 0 Å². The molecule has 224 valence electrons. The van der Waals surface area contributed by atoms with Gasteiger partial charge >= 0.3 is 6.09 Å². The molecule has 7 nitrogen and oxygen atoms in total. The largest absolute Gasteiger partial charge is 0.453 e. The minimum Gasteiger partial charge on any atom is -0.453 e. The van der Waals surface area contributed by atoms with Crippen LogP contribution in [0, 0.1) is 29.0 Å². The number of likely N-dealkylation sites (tertiary alicyclic amines) is 2. The Hall–Kier alpha value is -3.15. The highest BCUT2D eigenvalue weighted by Gasteiger charge is 2.53. The van der Waals surface area contributed by atoms with Crippen LogP contribution in [0.3, 0.4) is 0 Å². The van der Waals surface area contributed by atoms with Crippen LogP contribution >= 0.6 is 0 Å². The normalized spacial score (nSPS) is 28.1. The molecule has 0 aromatic heterocycles. The van der Waals surface area contributed by atoms with Crippen molar-refractivity contribution in [1.29, 1.82) is 5.26 Å². The highest BCUT2D eigenvalue weighted by Crippen LogP contribution is 2.52. The molecule has 0 radical (unpaired) electrons. The van der Waals surface area contributed by atoms with Crippen molar-refractivity contribution in [3.63, 3.8) is 0 Å². The molecule has 1 unspecified atom stereocenters. The molecule has 2 N–H and O–H groups in total. The summed E-state index contributed by atoms with van der Waals surface area (Å²) in [5.41, 5.74) is 2.64. The zero-order chi connectivity index (χ0) is 29.1. The highest BCUT2D eigenvalue weighted by molar-refractivity contribution is 5.67. The third-order valence-electron chi connectivity index (χ3n) is 10.7. The van der Waals surface area contributed by atoms with Crippen molar-refractivity contribution < 1.29 is 13.9 Å². The molecule has 3 atom stereocenters. The van der Waals surface area contributed by atoms with Gasteiger partial charge in [0.2, 0.25) is 0 Å². The van der Waals surface area contributed by atoms with E-state index in [0.717, 1.165) is 88.9 Å². The van der Waals surface area contributed by atoms with Crippen LogP contribution < -0.4 is 10.6 Å². The fraction of sp³-hybridized carbons (Fsp3) is 0.588. The number of nitrogens with zero attached hydrogens (tertiary/aromatic N) is 3. The lowest BCUT2D eigenvalue weighted by molar-refractivity contribution is 0.00658. The van der Waals surface area contributed by atoms with E-state index in [4.69, 9.17) is 10.00 Å². The summed E-state index contributed by atoms with van der Waals surface area (Å²) in [7, 11) is 1.43. The Morgan fingerprint density at radius 2 is 1.81 bits per heavy atom. The fourth-order valence-electron chi connectivity index (χ4n) is 8.40. The van der Waals surface area contributed by atoms with Crippen molar-refractivity contribution in [1.82, 2.24) is 15.1 Å². The predicted molar refractivity (Wildman–Crippen MR) is 162 cm³/mol. The maximum absolute atomic E-state index is 14.9. The number of carbonyl (C=O) groups is 1. The number of nitriles is 1. The zero-order valence-electron chi connectivity index (χ0n) is 24.7. The van der Waals surface area contributed by atoms with Crippen LogP contribution in [-0.2, 0) is 10.2 Å². The molecular weight excluding hydrogens is 529 g/mol. The molecule has 42 heavy (non-hydrogen) atoms. The number of rotatable bonds is 9. The number of benzene rings is 2. The zero-order valence-corrected chi connectivity index (χ0v) is 24.7. The van der Waals surface area contributed by atoms with Gasteiger partial charge < -0.3 is 25.2 Å². The van der Waals surface area contributed by atoms with Crippen molar-refractivity contribution in [2.75, 3.05) is 45.2 Å².